The van der Waals surface area contributed by atoms with Crippen LogP contribution in [0.2, 0.25) is 10.2 Å². The summed E-state index contributed by atoms with van der Waals surface area (Å²) in [6.07, 6.45) is 0. The maximum absolute atomic E-state index is 6.08. The van der Waals surface area contributed by atoms with Gasteiger partial charge in [0.1, 0.15) is 5.15 Å². The Balaban J connectivity index is 2.05. The van der Waals surface area contributed by atoms with E-state index in [-0.39, 0.29) is 0 Å². The Labute approximate surface area is 150 Å². The van der Waals surface area contributed by atoms with Crippen LogP contribution in [0.4, 0.5) is 0 Å². The zero-order chi connectivity index (χ0) is 17.0. The number of nitrogens with one attached hydrogen (secondary N) is 2. The number of aromatic nitrogens is 2. The van der Waals surface area contributed by atoms with Gasteiger partial charge in [0, 0.05) is 24.2 Å². The molecule has 2 N–H and O–H groups in total. The molecule has 2 heterocycles. The largest absolute Gasteiger partial charge is 0.357 e. The maximum Gasteiger partial charge on any atom is 0.191 e. The van der Waals surface area contributed by atoms with Crippen LogP contribution in [0.15, 0.2) is 11.1 Å². The summed E-state index contributed by atoms with van der Waals surface area (Å²) in [6, 6.07) is 1.84. The van der Waals surface area contributed by atoms with E-state index in [9.17, 15) is 0 Å². The lowest BCUT2D eigenvalue weighted by molar-refractivity contribution is 0.789. The van der Waals surface area contributed by atoms with Crippen molar-refractivity contribution in [3.8, 4) is 0 Å². The molecule has 126 valence electrons. The molecule has 0 saturated heterocycles. The molecule has 2 rings (SSSR count). The summed E-state index contributed by atoms with van der Waals surface area (Å²) >= 11 is 13.8. The van der Waals surface area contributed by atoms with Gasteiger partial charge >= 0.3 is 0 Å². The molecule has 0 aliphatic carbocycles. The van der Waals surface area contributed by atoms with Gasteiger partial charge in [-0.3, -0.25) is 0 Å². The van der Waals surface area contributed by atoms with Crippen molar-refractivity contribution >= 4 is 40.5 Å². The van der Waals surface area contributed by atoms with Crippen LogP contribution in [0.1, 0.15) is 28.2 Å². The minimum atomic E-state index is 0.499. The molecule has 0 aromatic carbocycles. The molecule has 0 radical (unpaired) electrons. The molecule has 5 nitrogen and oxygen atoms in total. The van der Waals surface area contributed by atoms with E-state index in [1.807, 2.05) is 38.5 Å². The van der Waals surface area contributed by atoms with Crippen LogP contribution in [-0.2, 0) is 20.1 Å². The molecule has 8 heteroatoms. The Kier molecular flexibility index (Phi) is 6.33. The van der Waals surface area contributed by atoms with E-state index in [4.69, 9.17) is 23.2 Å². The average Bonchev–Trinajstić information content (AvgIpc) is 2.95. The van der Waals surface area contributed by atoms with Crippen LogP contribution in [0, 0.1) is 13.8 Å². The molecule has 0 atom stereocenters. The number of nitrogens with zero attached hydrogens (tertiary/aromatic N) is 3. The second-order valence-corrected chi connectivity index (χ2v) is 7.18. The molecule has 23 heavy (non-hydrogen) atoms. The molecular weight excluding hydrogens is 353 g/mol. The fourth-order valence-corrected chi connectivity index (χ4v) is 3.44. The van der Waals surface area contributed by atoms with E-state index in [2.05, 4.69) is 20.6 Å². The van der Waals surface area contributed by atoms with Crippen molar-refractivity contribution in [1.29, 1.82) is 0 Å². The lowest BCUT2D eigenvalue weighted by Gasteiger charge is -2.11. The molecule has 0 bridgehead atoms. The molecule has 0 unspecified atom stereocenters. The molecule has 2 aromatic heterocycles. The maximum atomic E-state index is 6.08. The number of guanidine groups is 1. The summed E-state index contributed by atoms with van der Waals surface area (Å²) in [5.74, 6) is 0.756. The number of halogens is 2. The van der Waals surface area contributed by atoms with Gasteiger partial charge in [-0.2, -0.15) is 0 Å². The zero-order valence-corrected chi connectivity index (χ0v) is 16.0. The van der Waals surface area contributed by atoms with Gasteiger partial charge in [-0.15, -0.1) is 11.3 Å². The number of hydrogen-bond acceptors (Lipinski definition) is 3. The number of aryl methyl sites for hydroxylation is 2. The van der Waals surface area contributed by atoms with Gasteiger partial charge in [0.15, 0.2) is 5.96 Å². The van der Waals surface area contributed by atoms with Crippen molar-refractivity contribution in [1.82, 2.24) is 20.2 Å². The topological polar surface area (TPSA) is 54.2 Å². The highest BCUT2D eigenvalue weighted by Gasteiger charge is 2.09. The van der Waals surface area contributed by atoms with Crippen LogP contribution < -0.4 is 10.6 Å². The monoisotopic (exact) mass is 373 g/mol. The van der Waals surface area contributed by atoms with Crippen molar-refractivity contribution in [2.45, 2.75) is 33.9 Å². The van der Waals surface area contributed by atoms with Gasteiger partial charge < -0.3 is 15.2 Å². The smallest absolute Gasteiger partial charge is 0.191 e. The first-order chi connectivity index (χ1) is 10.9. The summed E-state index contributed by atoms with van der Waals surface area (Å²) in [4.78, 5) is 10.2. The number of hydrogen-bond donors (Lipinski definition) is 2. The quantitative estimate of drug-likeness (QED) is 0.620. The fraction of sp³-hybridized carbons (Fsp3) is 0.467. The molecular formula is C15H21Cl2N5S. The van der Waals surface area contributed by atoms with E-state index >= 15 is 0 Å². The minimum Gasteiger partial charge on any atom is -0.357 e. The Hall–Kier alpha value is -1.24. The second-order valence-electron chi connectivity index (χ2n) is 5.12. The predicted molar refractivity (Wildman–Crippen MR) is 98.7 cm³/mol. The van der Waals surface area contributed by atoms with Gasteiger partial charge in [-0.1, -0.05) is 23.2 Å². The number of rotatable bonds is 5. The lowest BCUT2D eigenvalue weighted by Crippen LogP contribution is -2.36. The third kappa shape index (κ3) is 4.62. The van der Waals surface area contributed by atoms with Crippen LogP contribution >= 0.6 is 34.5 Å². The second kappa shape index (κ2) is 8.04. The van der Waals surface area contributed by atoms with Gasteiger partial charge in [0.2, 0.25) is 0 Å². The molecule has 2 aromatic rings. The molecule has 0 spiro atoms. The Bertz CT molecular complexity index is 705. The number of aliphatic imine (C=N–C) groups is 1. The summed E-state index contributed by atoms with van der Waals surface area (Å²) in [5.41, 5.74) is 2.03. The summed E-state index contributed by atoms with van der Waals surface area (Å²) in [6.45, 7) is 8.08. The third-order valence-electron chi connectivity index (χ3n) is 3.38. The summed E-state index contributed by atoms with van der Waals surface area (Å²) in [7, 11) is 1.88. The van der Waals surface area contributed by atoms with Crippen LogP contribution in [-0.4, -0.2) is 22.1 Å². The number of thiazole rings is 1. The van der Waals surface area contributed by atoms with Crippen molar-refractivity contribution < 1.29 is 0 Å². The van der Waals surface area contributed by atoms with E-state index in [1.54, 1.807) is 11.3 Å². The predicted octanol–water partition coefficient (Wildman–Crippen LogP) is 3.66. The van der Waals surface area contributed by atoms with Crippen molar-refractivity contribution in [2.24, 2.45) is 12.0 Å². The van der Waals surface area contributed by atoms with E-state index in [0.29, 0.717) is 23.3 Å². The van der Waals surface area contributed by atoms with Gasteiger partial charge in [-0.05, 0) is 26.8 Å². The average molecular weight is 374 g/mol. The fourth-order valence-electron chi connectivity index (χ4n) is 2.14. The van der Waals surface area contributed by atoms with Gasteiger partial charge in [-0.25, -0.2) is 9.98 Å². The summed E-state index contributed by atoms with van der Waals surface area (Å²) in [5, 5.41) is 8.73. The van der Waals surface area contributed by atoms with E-state index in [1.165, 1.54) is 4.88 Å². The Morgan fingerprint density at radius 2 is 2.09 bits per heavy atom. The Morgan fingerprint density at radius 3 is 2.61 bits per heavy atom. The SMILES string of the molecule is CCNC(=NCc1cc(Cl)c(Cl)n1C)NCc1sc(C)nc1C. The molecule has 0 saturated carbocycles. The highest BCUT2D eigenvalue weighted by molar-refractivity contribution is 7.11. The van der Waals surface area contributed by atoms with Crippen LogP contribution in [0.3, 0.4) is 0 Å². The van der Waals surface area contributed by atoms with Crippen molar-refractivity contribution in [3.63, 3.8) is 0 Å². The van der Waals surface area contributed by atoms with Crippen LogP contribution in [0.5, 0.6) is 0 Å². The minimum absolute atomic E-state index is 0.499. The highest BCUT2D eigenvalue weighted by Crippen LogP contribution is 2.25. The molecule has 0 amide bonds. The first-order valence-corrected chi connectivity index (χ1v) is 8.94. The summed E-state index contributed by atoms with van der Waals surface area (Å²) < 4.78 is 1.84. The zero-order valence-electron chi connectivity index (χ0n) is 13.7. The normalized spacial score (nSPS) is 11.8. The van der Waals surface area contributed by atoms with Gasteiger partial charge in [0.25, 0.3) is 0 Å². The first kappa shape index (κ1) is 18.1. The Morgan fingerprint density at radius 1 is 1.35 bits per heavy atom. The molecule has 0 aliphatic rings. The van der Waals surface area contributed by atoms with Gasteiger partial charge in [0.05, 0.1) is 28.8 Å². The first-order valence-electron chi connectivity index (χ1n) is 7.37. The van der Waals surface area contributed by atoms with Crippen molar-refractivity contribution in [3.05, 3.63) is 37.5 Å². The molecule has 0 aliphatic heterocycles. The van der Waals surface area contributed by atoms with Crippen LogP contribution in [0.25, 0.3) is 0 Å². The van der Waals surface area contributed by atoms with E-state index in [0.717, 1.165) is 28.9 Å². The standard InChI is InChI=1S/C15H21Cl2N5S/c1-5-18-15(20-8-13-9(2)21-10(3)23-13)19-7-11-6-12(16)14(17)22(11)4/h6H,5,7-8H2,1-4H3,(H2,18,19,20). The lowest BCUT2D eigenvalue weighted by atomic mass is 10.4. The highest BCUT2D eigenvalue weighted by atomic mass is 35.5. The third-order valence-corrected chi connectivity index (χ3v) is 5.29. The molecule has 0 fully saturated rings. The van der Waals surface area contributed by atoms with Crippen molar-refractivity contribution in [2.75, 3.05) is 6.54 Å². The van der Waals surface area contributed by atoms with E-state index < -0.39 is 0 Å².